The van der Waals surface area contributed by atoms with Crippen LogP contribution in [0.4, 0.5) is 24.5 Å². The van der Waals surface area contributed by atoms with Crippen LogP contribution in [0.1, 0.15) is 12.5 Å². The number of benzene rings is 1. The Hall–Kier alpha value is -2.93. The SMILES string of the molecule is CCn1c(SCC(=O)Nc2ccc([N+](=O)[O-])cc2C(F)(F)F)nnc1-c1cccs1. The number of halogens is 3. The Kier molecular flexibility index (Phi) is 6.41. The maximum absolute atomic E-state index is 13.2. The molecule has 30 heavy (non-hydrogen) atoms. The van der Waals surface area contributed by atoms with E-state index in [1.807, 2.05) is 24.4 Å². The minimum absolute atomic E-state index is 0.211. The zero-order chi connectivity index (χ0) is 21.9. The minimum atomic E-state index is -4.86. The molecule has 2 aromatic heterocycles. The van der Waals surface area contributed by atoms with Gasteiger partial charge in [0, 0.05) is 18.7 Å². The number of alkyl halides is 3. The lowest BCUT2D eigenvalue weighted by molar-refractivity contribution is -0.385. The quantitative estimate of drug-likeness (QED) is 0.314. The second-order valence-corrected chi connectivity index (χ2v) is 7.74. The molecule has 3 rings (SSSR count). The van der Waals surface area contributed by atoms with E-state index in [0.717, 1.165) is 28.8 Å². The third kappa shape index (κ3) is 4.79. The van der Waals surface area contributed by atoms with Crippen molar-refractivity contribution in [3.8, 4) is 10.7 Å². The monoisotopic (exact) mass is 457 g/mol. The normalized spacial score (nSPS) is 11.5. The lowest BCUT2D eigenvalue weighted by atomic mass is 10.1. The predicted molar refractivity (Wildman–Crippen MR) is 106 cm³/mol. The molecule has 0 saturated carbocycles. The van der Waals surface area contributed by atoms with Crippen LogP contribution in [-0.2, 0) is 17.5 Å². The Balaban J connectivity index is 1.74. The van der Waals surface area contributed by atoms with Gasteiger partial charge in [-0.2, -0.15) is 13.2 Å². The van der Waals surface area contributed by atoms with Gasteiger partial charge >= 0.3 is 6.18 Å². The van der Waals surface area contributed by atoms with Crippen molar-refractivity contribution in [1.29, 1.82) is 0 Å². The number of rotatable bonds is 7. The highest BCUT2D eigenvalue weighted by molar-refractivity contribution is 7.99. The fourth-order valence-electron chi connectivity index (χ4n) is 2.57. The molecule has 1 N–H and O–H groups in total. The zero-order valence-corrected chi connectivity index (χ0v) is 17.0. The van der Waals surface area contributed by atoms with Crippen LogP contribution < -0.4 is 5.32 Å². The number of nitro benzene ring substituents is 1. The van der Waals surface area contributed by atoms with E-state index in [0.29, 0.717) is 23.6 Å². The van der Waals surface area contributed by atoms with Gasteiger partial charge in [-0.3, -0.25) is 14.9 Å². The van der Waals surface area contributed by atoms with Crippen molar-refractivity contribution in [3.63, 3.8) is 0 Å². The van der Waals surface area contributed by atoms with Gasteiger partial charge in [0.1, 0.15) is 0 Å². The van der Waals surface area contributed by atoms with Crippen LogP contribution in [0, 0.1) is 10.1 Å². The van der Waals surface area contributed by atoms with Crippen LogP contribution in [0.5, 0.6) is 0 Å². The van der Waals surface area contributed by atoms with Crippen LogP contribution in [-0.4, -0.2) is 31.3 Å². The molecule has 13 heteroatoms. The van der Waals surface area contributed by atoms with Gasteiger partial charge in [-0.15, -0.1) is 21.5 Å². The number of nitrogens with one attached hydrogen (secondary N) is 1. The van der Waals surface area contributed by atoms with Crippen LogP contribution in [0.3, 0.4) is 0 Å². The van der Waals surface area contributed by atoms with E-state index in [1.165, 1.54) is 11.3 Å². The summed E-state index contributed by atoms with van der Waals surface area (Å²) in [6, 6.07) is 5.92. The molecular weight excluding hydrogens is 443 g/mol. The van der Waals surface area contributed by atoms with Gasteiger partial charge in [0.05, 0.1) is 26.8 Å². The molecule has 3 aromatic rings. The van der Waals surface area contributed by atoms with E-state index in [4.69, 9.17) is 0 Å². The maximum atomic E-state index is 13.2. The number of amides is 1. The van der Waals surface area contributed by atoms with Gasteiger partial charge in [0.2, 0.25) is 5.91 Å². The van der Waals surface area contributed by atoms with Crippen molar-refractivity contribution in [3.05, 3.63) is 51.4 Å². The van der Waals surface area contributed by atoms with Crippen LogP contribution in [0.2, 0.25) is 0 Å². The molecule has 0 aliphatic rings. The summed E-state index contributed by atoms with van der Waals surface area (Å²) in [6.45, 7) is 2.43. The number of non-ortho nitro benzene ring substituents is 1. The summed E-state index contributed by atoms with van der Waals surface area (Å²) in [7, 11) is 0. The Morgan fingerprint density at radius 1 is 1.33 bits per heavy atom. The first-order valence-electron chi connectivity index (χ1n) is 8.46. The Morgan fingerprint density at radius 3 is 2.70 bits per heavy atom. The number of carbonyl (C=O) groups is 1. The summed E-state index contributed by atoms with van der Waals surface area (Å²) in [5, 5.41) is 23.5. The predicted octanol–water partition coefficient (Wildman–Crippen LogP) is 4.68. The number of aromatic nitrogens is 3. The van der Waals surface area contributed by atoms with Crippen molar-refractivity contribution in [2.75, 3.05) is 11.1 Å². The average molecular weight is 457 g/mol. The molecule has 1 amide bonds. The molecule has 0 aliphatic heterocycles. The van der Waals surface area contributed by atoms with E-state index in [1.54, 1.807) is 4.57 Å². The average Bonchev–Trinajstić information content (AvgIpc) is 3.34. The second kappa shape index (κ2) is 8.83. The van der Waals surface area contributed by atoms with Crippen molar-refractivity contribution in [2.45, 2.75) is 24.8 Å². The Labute approximate surface area is 176 Å². The van der Waals surface area contributed by atoms with Gasteiger partial charge in [0.15, 0.2) is 11.0 Å². The molecule has 0 fully saturated rings. The molecule has 0 spiro atoms. The van der Waals surface area contributed by atoms with E-state index >= 15 is 0 Å². The fraction of sp³-hybridized carbons (Fsp3) is 0.235. The molecule has 0 bridgehead atoms. The van der Waals surface area contributed by atoms with Crippen LogP contribution >= 0.6 is 23.1 Å². The summed E-state index contributed by atoms with van der Waals surface area (Å²) in [6.07, 6.45) is -4.86. The van der Waals surface area contributed by atoms with E-state index < -0.39 is 33.9 Å². The van der Waals surface area contributed by atoms with Gasteiger partial charge in [-0.05, 0) is 24.4 Å². The number of nitrogens with zero attached hydrogens (tertiary/aromatic N) is 4. The van der Waals surface area contributed by atoms with Crippen molar-refractivity contribution >= 4 is 40.4 Å². The molecule has 2 heterocycles. The third-order valence-electron chi connectivity index (χ3n) is 3.90. The number of nitro groups is 1. The highest BCUT2D eigenvalue weighted by Gasteiger charge is 2.35. The molecule has 0 saturated heterocycles. The number of thiophene rings is 1. The number of carbonyl (C=O) groups excluding carboxylic acids is 1. The first-order chi connectivity index (χ1) is 14.2. The van der Waals surface area contributed by atoms with Crippen LogP contribution in [0.15, 0.2) is 40.9 Å². The summed E-state index contributed by atoms with van der Waals surface area (Å²) in [5.74, 6) is -0.274. The highest BCUT2D eigenvalue weighted by Crippen LogP contribution is 2.37. The fourth-order valence-corrected chi connectivity index (χ4v) is 4.09. The lowest BCUT2D eigenvalue weighted by Crippen LogP contribution is -2.18. The Bertz CT molecular complexity index is 1070. The van der Waals surface area contributed by atoms with Crippen LogP contribution in [0.25, 0.3) is 10.7 Å². The second-order valence-electron chi connectivity index (χ2n) is 5.85. The maximum Gasteiger partial charge on any atom is 0.418 e. The lowest BCUT2D eigenvalue weighted by Gasteiger charge is -2.13. The van der Waals surface area contributed by atoms with E-state index in [9.17, 15) is 28.1 Å². The molecule has 0 radical (unpaired) electrons. The zero-order valence-electron chi connectivity index (χ0n) is 15.3. The van der Waals surface area contributed by atoms with Crippen molar-refractivity contribution in [2.24, 2.45) is 0 Å². The minimum Gasteiger partial charge on any atom is -0.325 e. The largest absolute Gasteiger partial charge is 0.418 e. The summed E-state index contributed by atoms with van der Waals surface area (Å²) in [5.41, 5.74) is -2.55. The summed E-state index contributed by atoms with van der Waals surface area (Å²) < 4.78 is 41.5. The molecule has 8 nitrogen and oxygen atoms in total. The standard InChI is InChI=1S/C17H14F3N5O3S2/c1-2-24-15(13-4-3-7-29-13)22-23-16(24)30-9-14(26)21-12-6-5-10(25(27)28)8-11(12)17(18,19)20/h3-8H,2,9H2,1H3,(H,21,26). The van der Waals surface area contributed by atoms with Gasteiger partial charge < -0.3 is 9.88 Å². The van der Waals surface area contributed by atoms with Crippen molar-refractivity contribution < 1.29 is 22.9 Å². The molecule has 0 unspecified atom stereocenters. The van der Waals surface area contributed by atoms with Gasteiger partial charge in [0.25, 0.3) is 5.69 Å². The van der Waals surface area contributed by atoms with Gasteiger partial charge in [-0.25, -0.2) is 0 Å². The molecule has 1 aromatic carbocycles. The van der Waals surface area contributed by atoms with E-state index in [2.05, 4.69) is 15.5 Å². The third-order valence-corrected chi connectivity index (χ3v) is 5.73. The number of thioether (sulfide) groups is 1. The molecule has 0 aliphatic carbocycles. The smallest absolute Gasteiger partial charge is 0.325 e. The number of hydrogen-bond acceptors (Lipinski definition) is 7. The summed E-state index contributed by atoms with van der Waals surface area (Å²) in [4.78, 5) is 23.0. The highest BCUT2D eigenvalue weighted by atomic mass is 32.2. The molecule has 0 atom stereocenters. The first-order valence-corrected chi connectivity index (χ1v) is 10.3. The number of hydrogen-bond donors (Lipinski definition) is 1. The summed E-state index contributed by atoms with van der Waals surface area (Å²) >= 11 is 2.52. The number of anilines is 1. The molecule has 158 valence electrons. The van der Waals surface area contributed by atoms with Crippen molar-refractivity contribution in [1.82, 2.24) is 14.8 Å². The molecular formula is C17H14F3N5O3S2. The van der Waals surface area contributed by atoms with Gasteiger partial charge in [-0.1, -0.05) is 17.8 Å². The van der Waals surface area contributed by atoms with E-state index in [-0.39, 0.29) is 5.75 Å². The Morgan fingerprint density at radius 2 is 2.10 bits per heavy atom. The topological polar surface area (TPSA) is 103 Å². The first kappa shape index (κ1) is 21.8.